The van der Waals surface area contributed by atoms with E-state index >= 15 is 0 Å². The standard InChI is InChI=1S/C9H16N4O2/c1-2-7-6-13(4-3-8(7)14)9(15)5-11-12-10/h7-8,14H,2-6H2,1H3/t7-,8+/m0/s1. The van der Waals surface area contributed by atoms with Crippen molar-refractivity contribution >= 4 is 5.91 Å². The highest BCUT2D eigenvalue weighted by molar-refractivity contribution is 5.78. The Labute approximate surface area is 88.5 Å². The average molecular weight is 212 g/mol. The van der Waals surface area contributed by atoms with E-state index in [0.29, 0.717) is 19.5 Å². The summed E-state index contributed by atoms with van der Waals surface area (Å²) < 4.78 is 0. The molecular formula is C9H16N4O2. The molecule has 2 atom stereocenters. The molecule has 1 amide bonds. The van der Waals surface area contributed by atoms with E-state index in [1.165, 1.54) is 0 Å². The summed E-state index contributed by atoms with van der Waals surface area (Å²) in [5.74, 6) is -0.00749. The first-order valence-corrected chi connectivity index (χ1v) is 5.15. The number of hydrogen-bond donors (Lipinski definition) is 1. The van der Waals surface area contributed by atoms with Crippen LogP contribution in [0.1, 0.15) is 19.8 Å². The van der Waals surface area contributed by atoms with Gasteiger partial charge >= 0.3 is 0 Å². The van der Waals surface area contributed by atoms with Crippen LogP contribution in [0.2, 0.25) is 0 Å². The van der Waals surface area contributed by atoms with Gasteiger partial charge in [0.2, 0.25) is 5.91 Å². The molecule has 0 bridgehead atoms. The molecular weight excluding hydrogens is 196 g/mol. The van der Waals surface area contributed by atoms with E-state index in [4.69, 9.17) is 5.53 Å². The van der Waals surface area contributed by atoms with Gasteiger partial charge in [-0.3, -0.25) is 4.79 Å². The molecule has 1 fully saturated rings. The van der Waals surface area contributed by atoms with E-state index < -0.39 is 0 Å². The number of rotatable bonds is 3. The minimum Gasteiger partial charge on any atom is -0.393 e. The highest BCUT2D eigenvalue weighted by atomic mass is 16.3. The van der Waals surface area contributed by atoms with Crippen molar-refractivity contribution in [3.63, 3.8) is 0 Å². The molecule has 6 heteroatoms. The Hall–Kier alpha value is -1.26. The number of carbonyl (C=O) groups excluding carboxylic acids is 1. The second-order valence-electron chi connectivity index (χ2n) is 3.75. The van der Waals surface area contributed by atoms with Crippen molar-refractivity contribution in [2.24, 2.45) is 11.0 Å². The van der Waals surface area contributed by atoms with Gasteiger partial charge in [-0.25, -0.2) is 0 Å². The average Bonchev–Trinajstić information content (AvgIpc) is 2.26. The van der Waals surface area contributed by atoms with Crippen LogP contribution in [0, 0.1) is 5.92 Å². The number of azide groups is 1. The van der Waals surface area contributed by atoms with Crippen molar-refractivity contribution in [1.29, 1.82) is 0 Å². The molecule has 1 aliphatic rings. The van der Waals surface area contributed by atoms with Gasteiger partial charge < -0.3 is 10.0 Å². The van der Waals surface area contributed by atoms with Crippen LogP contribution in [0.5, 0.6) is 0 Å². The Morgan fingerprint density at radius 2 is 2.47 bits per heavy atom. The molecule has 0 aliphatic carbocycles. The Morgan fingerprint density at radius 3 is 3.07 bits per heavy atom. The first-order valence-electron chi connectivity index (χ1n) is 5.15. The van der Waals surface area contributed by atoms with Gasteiger partial charge in [-0.15, -0.1) is 0 Å². The fourth-order valence-corrected chi connectivity index (χ4v) is 1.84. The van der Waals surface area contributed by atoms with E-state index in [1.807, 2.05) is 6.92 Å². The van der Waals surface area contributed by atoms with Crippen molar-refractivity contribution in [2.75, 3.05) is 19.6 Å². The highest BCUT2D eigenvalue weighted by Crippen LogP contribution is 2.19. The Morgan fingerprint density at radius 1 is 1.73 bits per heavy atom. The number of amides is 1. The fraction of sp³-hybridized carbons (Fsp3) is 0.889. The van der Waals surface area contributed by atoms with E-state index in [0.717, 1.165) is 6.42 Å². The SMILES string of the molecule is CC[C@H]1CN(C(=O)CN=[N+]=[N-])CC[C@H]1O. The molecule has 1 aliphatic heterocycles. The molecule has 6 nitrogen and oxygen atoms in total. The van der Waals surface area contributed by atoms with E-state index in [2.05, 4.69) is 10.0 Å². The molecule has 15 heavy (non-hydrogen) atoms. The van der Waals surface area contributed by atoms with Gasteiger partial charge in [-0.1, -0.05) is 12.0 Å². The second kappa shape index (κ2) is 5.58. The lowest BCUT2D eigenvalue weighted by atomic mass is 9.92. The number of aliphatic hydroxyl groups excluding tert-OH is 1. The van der Waals surface area contributed by atoms with Crippen LogP contribution in [0.4, 0.5) is 0 Å². The summed E-state index contributed by atoms with van der Waals surface area (Å²) in [7, 11) is 0. The summed E-state index contributed by atoms with van der Waals surface area (Å²) in [6.07, 6.45) is 1.16. The van der Waals surface area contributed by atoms with Crippen LogP contribution in [0.25, 0.3) is 10.4 Å². The minimum atomic E-state index is -0.307. The number of hydrogen-bond acceptors (Lipinski definition) is 3. The number of likely N-dealkylation sites (tertiary alicyclic amines) is 1. The van der Waals surface area contributed by atoms with E-state index in [1.54, 1.807) is 4.90 Å². The predicted octanol–water partition coefficient (Wildman–Crippen LogP) is 0.916. The molecule has 0 spiro atoms. The molecule has 1 rings (SSSR count). The Balaban J connectivity index is 2.50. The maximum atomic E-state index is 11.5. The summed E-state index contributed by atoms with van der Waals surface area (Å²) in [4.78, 5) is 15.7. The second-order valence-corrected chi connectivity index (χ2v) is 3.75. The largest absolute Gasteiger partial charge is 0.393 e. The van der Waals surface area contributed by atoms with Crippen molar-refractivity contribution in [3.05, 3.63) is 10.4 Å². The molecule has 0 unspecified atom stereocenters. The summed E-state index contributed by atoms with van der Waals surface area (Å²) in [5, 5.41) is 12.9. The van der Waals surface area contributed by atoms with E-state index in [-0.39, 0.29) is 24.5 Å². The zero-order valence-corrected chi connectivity index (χ0v) is 8.83. The van der Waals surface area contributed by atoms with Crippen molar-refractivity contribution in [1.82, 2.24) is 4.90 Å². The molecule has 1 heterocycles. The van der Waals surface area contributed by atoms with Gasteiger partial charge in [0, 0.05) is 23.9 Å². The van der Waals surface area contributed by atoms with Crippen LogP contribution in [-0.2, 0) is 4.79 Å². The maximum absolute atomic E-state index is 11.5. The van der Waals surface area contributed by atoms with Crippen molar-refractivity contribution in [2.45, 2.75) is 25.9 Å². The highest BCUT2D eigenvalue weighted by Gasteiger charge is 2.28. The topological polar surface area (TPSA) is 89.3 Å². The molecule has 0 radical (unpaired) electrons. The maximum Gasteiger partial charge on any atom is 0.228 e. The Bertz CT molecular complexity index is 275. The number of nitrogens with zero attached hydrogens (tertiary/aromatic N) is 4. The van der Waals surface area contributed by atoms with Crippen molar-refractivity contribution < 1.29 is 9.90 Å². The van der Waals surface area contributed by atoms with Crippen LogP contribution in [0.15, 0.2) is 5.11 Å². The van der Waals surface area contributed by atoms with Gasteiger partial charge in [-0.05, 0) is 18.4 Å². The van der Waals surface area contributed by atoms with Gasteiger partial charge in [0.25, 0.3) is 0 Å². The smallest absolute Gasteiger partial charge is 0.228 e. The molecule has 0 aromatic rings. The van der Waals surface area contributed by atoms with Gasteiger partial charge in [0.1, 0.15) is 6.54 Å². The lowest BCUT2D eigenvalue weighted by Gasteiger charge is -2.35. The molecule has 0 saturated carbocycles. The number of aliphatic hydroxyl groups is 1. The number of carbonyl (C=O) groups is 1. The lowest BCUT2D eigenvalue weighted by Crippen LogP contribution is -2.46. The van der Waals surface area contributed by atoms with Crippen LogP contribution >= 0.6 is 0 Å². The molecule has 84 valence electrons. The van der Waals surface area contributed by atoms with Gasteiger partial charge in [-0.2, -0.15) is 0 Å². The summed E-state index contributed by atoms with van der Waals surface area (Å²) in [5.41, 5.74) is 8.10. The quantitative estimate of drug-likeness (QED) is 0.428. The van der Waals surface area contributed by atoms with Gasteiger partial charge in [0.05, 0.1) is 6.10 Å². The Kier molecular flexibility index (Phi) is 4.39. The van der Waals surface area contributed by atoms with Crippen LogP contribution in [-0.4, -0.2) is 41.7 Å². The predicted molar refractivity (Wildman–Crippen MR) is 55.0 cm³/mol. The zero-order chi connectivity index (χ0) is 11.3. The minimum absolute atomic E-state index is 0.122. The normalized spacial score (nSPS) is 25.9. The summed E-state index contributed by atoms with van der Waals surface area (Å²) in [6, 6.07) is 0. The molecule has 0 aromatic carbocycles. The first kappa shape index (κ1) is 11.8. The third-order valence-electron chi connectivity index (χ3n) is 2.84. The van der Waals surface area contributed by atoms with Crippen LogP contribution < -0.4 is 0 Å². The van der Waals surface area contributed by atoms with E-state index in [9.17, 15) is 9.90 Å². The first-order chi connectivity index (χ1) is 7.19. The third kappa shape index (κ3) is 3.11. The lowest BCUT2D eigenvalue weighted by molar-refractivity contribution is -0.133. The molecule has 1 N–H and O–H groups in total. The monoisotopic (exact) mass is 212 g/mol. The summed E-state index contributed by atoms with van der Waals surface area (Å²) >= 11 is 0. The zero-order valence-electron chi connectivity index (χ0n) is 8.83. The summed E-state index contributed by atoms with van der Waals surface area (Å²) in [6.45, 7) is 2.99. The molecule has 0 aromatic heterocycles. The van der Waals surface area contributed by atoms with Crippen molar-refractivity contribution in [3.8, 4) is 0 Å². The third-order valence-corrected chi connectivity index (χ3v) is 2.84. The molecule has 1 saturated heterocycles. The fourth-order valence-electron chi connectivity index (χ4n) is 1.84. The number of piperidine rings is 1. The van der Waals surface area contributed by atoms with Crippen LogP contribution in [0.3, 0.4) is 0 Å². The van der Waals surface area contributed by atoms with Gasteiger partial charge in [0.15, 0.2) is 0 Å².